The Morgan fingerprint density at radius 3 is 1.31 bits per heavy atom. The van der Waals surface area contributed by atoms with Crippen molar-refractivity contribution < 1.29 is 56.3 Å². The number of amides is 4. The molecule has 8 aromatic carbocycles. The summed E-state index contributed by atoms with van der Waals surface area (Å²) >= 11 is 0. The summed E-state index contributed by atoms with van der Waals surface area (Å²) in [4.78, 5) is 52.7. The zero-order chi connectivity index (χ0) is 101. The van der Waals surface area contributed by atoms with E-state index in [-0.39, 0.29) is 41.9 Å². The Bertz CT molecular complexity index is 6810. The molecule has 14 aromatic rings. The number of imidazole rings is 3. The highest BCUT2D eigenvalue weighted by molar-refractivity contribution is 6.77. The van der Waals surface area contributed by atoms with Gasteiger partial charge in [-0.2, -0.15) is 15.3 Å². The number of hydrogen-bond donors (Lipinski definition) is 3. The number of likely N-dealkylation sites (tertiary alicyclic amines) is 2. The fraction of sp³-hybridized carbons (Fsp3) is 0.441. The summed E-state index contributed by atoms with van der Waals surface area (Å²) in [6.07, 6.45) is 11.8. The number of nitrogens with one attached hydrogen (secondary N) is 2. The van der Waals surface area contributed by atoms with Crippen LogP contribution in [0.3, 0.4) is 0 Å². The first-order valence-electron chi connectivity index (χ1n) is 51.3. The highest BCUT2D eigenvalue weighted by Gasteiger charge is 2.37. The molecule has 0 bridgehead atoms. The van der Waals surface area contributed by atoms with Crippen LogP contribution in [0.5, 0.6) is 17.2 Å². The van der Waals surface area contributed by atoms with Gasteiger partial charge in [0.05, 0.1) is 71.2 Å². The minimum absolute atomic E-state index is 0.0850. The second-order valence-electron chi connectivity index (χ2n) is 43.6. The van der Waals surface area contributed by atoms with E-state index in [1.54, 1.807) is 12.1 Å². The number of nitrogens with zero attached hydrogens (tertiary/aromatic N) is 14. The van der Waals surface area contributed by atoms with Crippen LogP contribution in [0, 0.1) is 17.5 Å². The standard InChI is InChI=1S/C45H61FN6O4Si2.C40H53FN4O3Si2.C26H27FN6O2/c1-8-34-26-42(56-30-33-15-11-9-12-16-33)38(46)27-37(34)35-17-18-36-40(25-35)52(32-55-22-24-58(5,6)7)48-43(36)44-47-39-28-50(45(53)49-19-13-10-14-20-49)29-41(39)51(44)31-54-21-23-57(2,3)4;1-8-30-24-38(48-26-29-13-10-9-11-14-29)34(41)25-33(30)31-17-18-32-37(23-31)45(28-47-20-22-50(5,6)7)43-39(32)40-42-35-15-12-16-36(35)44(40)27-46-19-21-49(2,3)4;1-2-15-11-23(34)19(27)12-18(15)16-6-7-17-20(10-16)30-31-24(17)25-28-21-13-33(14-22(21)29-25)26(35)32-8-4-3-5-9-32/h9,11-12,15-18,25-27H,8,10,13-14,19-24,28-32H2,1-7H3;9-11,13-14,17-18,23-25H,8,12,15-16,19-22,26-28H2,1-7H3;6-7,10-12,34H,2-5,8-9,13-14H2,1H3,(H,28,29)(H,30,31). The number of phenolic OH excluding ortho intramolecular Hbond substituents is 1. The molecule has 6 aromatic heterocycles. The van der Waals surface area contributed by atoms with Gasteiger partial charge in [0.1, 0.15) is 57.2 Å². The van der Waals surface area contributed by atoms with Crippen molar-refractivity contribution in [2.24, 2.45) is 0 Å². The molecule has 32 heteroatoms. The van der Waals surface area contributed by atoms with Crippen LogP contribution in [0.2, 0.25) is 103 Å². The average Bonchev–Trinajstić information content (AvgIpc) is 1.66. The number of aromatic hydroxyl groups is 1. The van der Waals surface area contributed by atoms with Crippen molar-refractivity contribution in [1.29, 1.82) is 0 Å². The minimum Gasteiger partial charge on any atom is -0.505 e. The Balaban J connectivity index is 0.000000151. The van der Waals surface area contributed by atoms with Gasteiger partial charge in [-0.15, -0.1) is 0 Å². The normalized spacial score (nSPS) is 14.5. The number of carbonyl (C=O) groups excluding carboxylic acids is 2. The molecular formula is C111H141F3N16O9Si4. The predicted octanol–water partition coefficient (Wildman–Crippen LogP) is 25.3. The van der Waals surface area contributed by atoms with E-state index in [1.165, 1.54) is 30.7 Å². The molecule has 2 fully saturated rings. The van der Waals surface area contributed by atoms with Crippen molar-refractivity contribution in [3.05, 3.63) is 231 Å². The van der Waals surface area contributed by atoms with Crippen LogP contribution in [0.15, 0.2) is 152 Å². The van der Waals surface area contributed by atoms with E-state index >= 15 is 8.78 Å². The molecule has 10 heterocycles. The lowest BCUT2D eigenvalue weighted by Crippen LogP contribution is -2.43. The average molecular weight is 2010 g/mol. The van der Waals surface area contributed by atoms with Crippen LogP contribution in [0.1, 0.15) is 128 Å². The molecule has 0 unspecified atom stereocenters. The second-order valence-corrected chi connectivity index (χ2v) is 66.1. The van der Waals surface area contributed by atoms with E-state index in [4.69, 9.17) is 53.6 Å². The molecule has 0 atom stereocenters. The SMILES string of the molecule is CCc1cc(O)c(F)cc1-c1ccc2c(-c3nc4c([nH]3)CN(C(=O)N3CCCCC3)C4)n[nH]c2c1.CCc1cc(OCc2ccccc2)c(F)cc1-c1ccc2c(-c3nc4c(n3COCC[Si](C)(C)C)CCC4)nn(COCC[Si](C)(C)C)c2c1.CCc1cc(OCc2ccccc2)c(F)cc1-c1ccc2c(-c3nc4c(n3COCC[Si](C)(C)C)CN(C(=O)N3CCCCC3)C4)nn(COCC[Si](C)(C)C)c2c1. The van der Waals surface area contributed by atoms with Crippen LogP contribution in [-0.2, 0) is 117 Å². The number of aromatic amines is 2. The van der Waals surface area contributed by atoms with Crippen molar-refractivity contribution in [2.75, 3.05) is 52.6 Å². The summed E-state index contributed by atoms with van der Waals surface area (Å²) in [6.45, 7) is 44.4. The van der Waals surface area contributed by atoms with Gasteiger partial charge in [-0.1, -0.05) is 178 Å². The van der Waals surface area contributed by atoms with Gasteiger partial charge in [0, 0.05) is 107 Å². The van der Waals surface area contributed by atoms with Gasteiger partial charge in [-0.25, -0.2) is 47.1 Å². The molecular weight excluding hydrogens is 1870 g/mol. The summed E-state index contributed by atoms with van der Waals surface area (Å²) in [5.41, 5.74) is 21.0. The third kappa shape index (κ3) is 24.7. The molecule has 1 aliphatic carbocycles. The van der Waals surface area contributed by atoms with Gasteiger partial charge in [0.25, 0.3) is 0 Å². The van der Waals surface area contributed by atoms with Gasteiger partial charge >= 0.3 is 12.1 Å². The van der Waals surface area contributed by atoms with E-state index < -0.39 is 43.9 Å². The Morgan fingerprint density at radius 2 is 0.839 bits per heavy atom. The fourth-order valence-corrected chi connectivity index (χ4v) is 22.3. The first-order chi connectivity index (χ1) is 68.7. The van der Waals surface area contributed by atoms with E-state index in [0.717, 1.165) is 254 Å². The number of aryl methyl sites for hydroxylation is 4. The summed E-state index contributed by atoms with van der Waals surface area (Å²) < 4.78 is 90.9. The molecule has 4 amide bonds. The Hall–Kier alpha value is -11.8. The second kappa shape index (κ2) is 44.8. The van der Waals surface area contributed by atoms with E-state index in [9.17, 15) is 19.1 Å². The maximum atomic E-state index is 15.8. The van der Waals surface area contributed by atoms with Gasteiger partial charge in [0.15, 0.2) is 52.2 Å². The molecule has 756 valence electrons. The first kappa shape index (κ1) is 103. The quantitative estimate of drug-likeness (QED) is 0.0247. The van der Waals surface area contributed by atoms with Crippen molar-refractivity contribution in [3.8, 4) is 85.2 Å². The molecule has 19 rings (SSSR count). The number of fused-ring (bicyclic) bond motifs is 6. The fourth-order valence-electron chi connectivity index (χ4n) is 19.3. The molecule has 4 aliphatic heterocycles. The molecule has 25 nitrogen and oxygen atoms in total. The summed E-state index contributed by atoms with van der Waals surface area (Å²) in [5, 5.41) is 30.5. The lowest BCUT2D eigenvalue weighted by Gasteiger charge is -2.30. The zero-order valence-electron chi connectivity index (χ0n) is 86.1. The van der Waals surface area contributed by atoms with Gasteiger partial charge in [-0.05, 0) is 235 Å². The number of halogens is 3. The van der Waals surface area contributed by atoms with E-state index in [1.807, 2.05) is 133 Å². The third-order valence-corrected chi connectivity index (χ3v) is 34.6. The molecule has 3 N–H and O–H groups in total. The maximum Gasteiger partial charge on any atom is 0.320 e. The molecule has 0 radical (unpaired) electrons. The molecule has 143 heavy (non-hydrogen) atoms. The van der Waals surface area contributed by atoms with E-state index in [2.05, 4.69) is 147 Å². The molecule has 0 saturated carbocycles. The first-order valence-corrected chi connectivity index (χ1v) is 66.2. The number of rotatable bonds is 35. The van der Waals surface area contributed by atoms with Crippen LogP contribution in [0.4, 0.5) is 22.8 Å². The summed E-state index contributed by atoms with van der Waals surface area (Å²) in [6, 6.07) is 52.2. The molecule has 5 aliphatic rings. The number of H-pyrrole nitrogens is 2. The Kier molecular flexibility index (Phi) is 32.2. The largest absolute Gasteiger partial charge is 0.505 e. The summed E-state index contributed by atoms with van der Waals surface area (Å²) in [5.74, 6) is 1.02. The van der Waals surface area contributed by atoms with Crippen molar-refractivity contribution in [2.45, 2.75) is 267 Å². The van der Waals surface area contributed by atoms with Crippen molar-refractivity contribution >= 4 is 77.1 Å². The van der Waals surface area contributed by atoms with Crippen LogP contribution in [-0.4, -0.2) is 180 Å². The van der Waals surface area contributed by atoms with Gasteiger partial charge in [0.2, 0.25) is 0 Å². The number of benzene rings is 8. The maximum absolute atomic E-state index is 15.8. The highest BCUT2D eigenvalue weighted by Crippen LogP contribution is 2.43. The smallest absolute Gasteiger partial charge is 0.320 e. The number of hydrogen-bond acceptors (Lipinski definition) is 15. The minimum atomic E-state index is -1.32. The van der Waals surface area contributed by atoms with Crippen LogP contribution in [0.25, 0.3) is 101 Å². The van der Waals surface area contributed by atoms with Crippen molar-refractivity contribution in [3.63, 3.8) is 0 Å². The monoisotopic (exact) mass is 2010 g/mol. The lowest BCUT2D eigenvalue weighted by atomic mass is 9.96. The number of carbonyl (C=O) groups is 2. The number of aromatic nitrogens is 12. The number of piperidine rings is 2. The third-order valence-electron chi connectivity index (χ3n) is 27.8. The zero-order valence-corrected chi connectivity index (χ0v) is 90.1. The Morgan fingerprint density at radius 1 is 0.413 bits per heavy atom. The van der Waals surface area contributed by atoms with Crippen LogP contribution >= 0.6 is 0 Å². The highest BCUT2D eigenvalue weighted by atomic mass is 28.3. The van der Waals surface area contributed by atoms with Gasteiger partial charge < -0.3 is 67.2 Å². The topological polar surface area (TPSA) is 251 Å². The van der Waals surface area contributed by atoms with Gasteiger partial charge in [-0.3, -0.25) is 5.10 Å². The Labute approximate surface area is 842 Å². The van der Waals surface area contributed by atoms with E-state index in [0.29, 0.717) is 104 Å². The van der Waals surface area contributed by atoms with Crippen LogP contribution < -0.4 is 9.47 Å². The summed E-state index contributed by atoms with van der Waals surface area (Å²) in [7, 11) is -5.10. The molecule has 0 spiro atoms. The number of urea groups is 2. The molecule has 2 saturated heterocycles. The lowest BCUT2D eigenvalue weighted by molar-refractivity contribution is 0.0813. The predicted molar refractivity (Wildman–Crippen MR) is 572 cm³/mol. The van der Waals surface area contributed by atoms with Crippen molar-refractivity contribution in [1.82, 2.24) is 78.4 Å². The number of ether oxygens (including phenoxy) is 6. The number of phenols is 1.